The lowest BCUT2D eigenvalue weighted by atomic mass is 9.79. The van der Waals surface area contributed by atoms with Crippen molar-refractivity contribution in [2.75, 3.05) is 6.61 Å². The Balaban J connectivity index is 1.76. The number of carbonyl (C=O) groups excluding carboxylic acids is 2. The van der Waals surface area contributed by atoms with Crippen molar-refractivity contribution in [2.45, 2.75) is 44.9 Å². The van der Waals surface area contributed by atoms with Gasteiger partial charge in [-0.05, 0) is 50.5 Å². The van der Waals surface area contributed by atoms with E-state index in [-0.39, 0.29) is 18.4 Å². The molecular weight excluding hydrogens is 350 g/mol. The second kappa shape index (κ2) is 7.28. The zero-order valence-corrected chi connectivity index (χ0v) is 16.2. The third-order valence-corrected chi connectivity index (χ3v) is 5.91. The molecule has 0 spiro atoms. The summed E-state index contributed by atoms with van der Waals surface area (Å²) >= 11 is 5.98. The summed E-state index contributed by atoms with van der Waals surface area (Å²) in [4.78, 5) is 25.5. The minimum atomic E-state index is -0.660. The molecule has 1 aromatic heterocycles. The van der Waals surface area contributed by atoms with Crippen LogP contribution < -0.4 is 0 Å². The van der Waals surface area contributed by atoms with Gasteiger partial charge in [0.05, 0.1) is 5.41 Å². The van der Waals surface area contributed by atoms with E-state index in [1.165, 1.54) is 0 Å². The topological polar surface area (TPSA) is 48.3 Å². The number of aryl methyl sites for hydroxylation is 1. The Morgan fingerprint density at radius 3 is 2.31 bits per heavy atom. The van der Waals surface area contributed by atoms with Gasteiger partial charge >= 0.3 is 5.97 Å². The van der Waals surface area contributed by atoms with Crippen LogP contribution in [-0.2, 0) is 22.0 Å². The van der Waals surface area contributed by atoms with Gasteiger partial charge in [-0.1, -0.05) is 36.6 Å². The Bertz CT molecular complexity index is 830. The van der Waals surface area contributed by atoms with Crippen molar-refractivity contribution in [3.8, 4) is 0 Å². The first-order valence-corrected chi connectivity index (χ1v) is 9.32. The molecule has 1 heterocycles. The maximum Gasteiger partial charge on any atom is 0.317 e. The van der Waals surface area contributed by atoms with Crippen LogP contribution in [0.15, 0.2) is 30.3 Å². The lowest BCUT2D eigenvalue weighted by Gasteiger charge is -2.27. The van der Waals surface area contributed by atoms with E-state index in [1.807, 2.05) is 43.7 Å². The van der Waals surface area contributed by atoms with Gasteiger partial charge in [0.25, 0.3) is 0 Å². The molecule has 0 aliphatic heterocycles. The molecule has 0 saturated heterocycles. The molecule has 138 valence electrons. The first-order chi connectivity index (χ1) is 12.3. The van der Waals surface area contributed by atoms with Gasteiger partial charge in [0, 0.05) is 29.0 Å². The van der Waals surface area contributed by atoms with Crippen LogP contribution in [0.1, 0.15) is 53.0 Å². The Morgan fingerprint density at radius 2 is 1.77 bits per heavy atom. The van der Waals surface area contributed by atoms with Crippen molar-refractivity contribution in [1.82, 2.24) is 4.57 Å². The van der Waals surface area contributed by atoms with Gasteiger partial charge in [0.15, 0.2) is 6.61 Å². The van der Waals surface area contributed by atoms with Crippen LogP contribution in [0.2, 0.25) is 5.02 Å². The quantitative estimate of drug-likeness (QED) is 0.571. The lowest BCUT2D eigenvalue weighted by Crippen LogP contribution is -2.35. The third-order valence-electron chi connectivity index (χ3n) is 5.65. The standard InChI is InChI=1S/C21H24ClNO3/c1-14-12-18(15(2)23(14)3)19(24)13-26-20(25)21(10-4-5-11-21)16-6-8-17(22)9-7-16/h6-9,12H,4-5,10-11,13H2,1-3H3. The smallest absolute Gasteiger partial charge is 0.317 e. The summed E-state index contributed by atoms with van der Waals surface area (Å²) in [6, 6.07) is 9.22. The van der Waals surface area contributed by atoms with E-state index in [0.717, 1.165) is 42.6 Å². The first kappa shape index (κ1) is 18.7. The number of Topliss-reactive ketones (excluding diaryl/α,β-unsaturated/α-hetero) is 1. The molecule has 0 atom stereocenters. The van der Waals surface area contributed by atoms with Crippen LogP contribution in [0, 0.1) is 13.8 Å². The molecule has 1 aliphatic rings. The maximum atomic E-state index is 12.9. The van der Waals surface area contributed by atoms with Crippen molar-refractivity contribution >= 4 is 23.4 Å². The number of benzene rings is 1. The Hall–Kier alpha value is -2.07. The summed E-state index contributed by atoms with van der Waals surface area (Å²) in [5.74, 6) is -0.472. The highest BCUT2D eigenvalue weighted by Gasteiger charge is 2.44. The zero-order valence-electron chi connectivity index (χ0n) is 15.5. The average Bonchev–Trinajstić information content (AvgIpc) is 3.22. The first-order valence-electron chi connectivity index (χ1n) is 8.94. The molecule has 2 aromatic rings. The van der Waals surface area contributed by atoms with E-state index >= 15 is 0 Å². The molecule has 1 aromatic carbocycles. The van der Waals surface area contributed by atoms with Gasteiger partial charge in [-0.2, -0.15) is 0 Å². The fourth-order valence-corrected chi connectivity index (χ4v) is 3.97. The van der Waals surface area contributed by atoms with E-state index in [9.17, 15) is 9.59 Å². The summed E-state index contributed by atoms with van der Waals surface area (Å²) < 4.78 is 7.46. The number of ketones is 1. The number of halogens is 1. The van der Waals surface area contributed by atoms with E-state index in [2.05, 4.69) is 0 Å². The minimum Gasteiger partial charge on any atom is -0.457 e. The lowest BCUT2D eigenvalue weighted by molar-refractivity contribution is -0.149. The second-order valence-corrected chi connectivity index (χ2v) is 7.58. The van der Waals surface area contributed by atoms with Gasteiger partial charge < -0.3 is 9.30 Å². The average molecular weight is 374 g/mol. The van der Waals surface area contributed by atoms with Crippen LogP contribution in [0.25, 0.3) is 0 Å². The van der Waals surface area contributed by atoms with Crippen molar-refractivity contribution in [3.63, 3.8) is 0 Å². The van der Waals surface area contributed by atoms with Crippen molar-refractivity contribution in [3.05, 3.63) is 57.9 Å². The molecule has 0 unspecified atom stereocenters. The van der Waals surface area contributed by atoms with Gasteiger partial charge in [0.1, 0.15) is 0 Å². The number of hydrogen-bond donors (Lipinski definition) is 0. The van der Waals surface area contributed by atoms with Crippen LogP contribution in [0.3, 0.4) is 0 Å². The maximum absolute atomic E-state index is 12.9. The Morgan fingerprint density at radius 1 is 1.15 bits per heavy atom. The number of hydrogen-bond acceptors (Lipinski definition) is 3. The molecule has 4 nitrogen and oxygen atoms in total. The van der Waals surface area contributed by atoms with Crippen LogP contribution >= 0.6 is 11.6 Å². The molecule has 0 radical (unpaired) electrons. The third kappa shape index (κ3) is 3.30. The second-order valence-electron chi connectivity index (χ2n) is 7.14. The van der Waals surface area contributed by atoms with Gasteiger partial charge in [0.2, 0.25) is 5.78 Å². The predicted molar refractivity (Wildman–Crippen MR) is 102 cm³/mol. The fourth-order valence-electron chi connectivity index (χ4n) is 3.84. The SMILES string of the molecule is Cc1cc(C(=O)COC(=O)C2(c3ccc(Cl)cc3)CCCC2)c(C)n1C. The summed E-state index contributed by atoms with van der Waals surface area (Å²) in [5, 5.41) is 0.639. The monoisotopic (exact) mass is 373 g/mol. The summed E-state index contributed by atoms with van der Waals surface area (Å²) in [5.41, 5.74) is 2.77. The number of carbonyl (C=O) groups is 2. The largest absolute Gasteiger partial charge is 0.457 e. The number of nitrogens with zero attached hydrogens (tertiary/aromatic N) is 1. The summed E-state index contributed by atoms with van der Waals surface area (Å²) in [7, 11) is 1.92. The molecule has 26 heavy (non-hydrogen) atoms. The molecule has 3 rings (SSSR count). The van der Waals surface area contributed by atoms with Gasteiger partial charge in [-0.25, -0.2) is 0 Å². The van der Waals surface area contributed by atoms with E-state index in [1.54, 1.807) is 12.1 Å². The highest BCUT2D eigenvalue weighted by Crippen LogP contribution is 2.42. The summed E-state index contributed by atoms with van der Waals surface area (Å²) in [6.45, 7) is 3.62. The Labute approximate surface area is 159 Å². The molecule has 1 saturated carbocycles. The molecular formula is C21H24ClNO3. The van der Waals surface area contributed by atoms with Gasteiger partial charge in [-0.15, -0.1) is 0 Å². The Kier molecular flexibility index (Phi) is 5.24. The molecule has 1 fully saturated rings. The van der Waals surface area contributed by atoms with Crippen molar-refractivity contribution in [1.29, 1.82) is 0 Å². The van der Waals surface area contributed by atoms with Crippen LogP contribution in [0.4, 0.5) is 0 Å². The molecule has 1 aliphatic carbocycles. The van der Waals surface area contributed by atoms with Crippen LogP contribution in [-0.4, -0.2) is 22.9 Å². The molecule has 5 heteroatoms. The highest BCUT2D eigenvalue weighted by atomic mass is 35.5. The van der Waals surface area contributed by atoms with E-state index < -0.39 is 5.41 Å². The molecule has 0 N–H and O–H groups in total. The normalized spacial score (nSPS) is 15.8. The van der Waals surface area contributed by atoms with E-state index in [4.69, 9.17) is 16.3 Å². The van der Waals surface area contributed by atoms with Gasteiger partial charge in [-0.3, -0.25) is 9.59 Å². The number of ether oxygens (including phenoxy) is 1. The van der Waals surface area contributed by atoms with E-state index in [0.29, 0.717) is 10.6 Å². The summed E-state index contributed by atoms with van der Waals surface area (Å²) in [6.07, 6.45) is 3.43. The van der Waals surface area contributed by atoms with Crippen molar-refractivity contribution in [2.24, 2.45) is 7.05 Å². The highest BCUT2D eigenvalue weighted by molar-refractivity contribution is 6.30. The molecule has 0 amide bonds. The fraction of sp³-hybridized carbons (Fsp3) is 0.429. The minimum absolute atomic E-state index is 0.163. The number of aromatic nitrogens is 1. The van der Waals surface area contributed by atoms with Crippen molar-refractivity contribution < 1.29 is 14.3 Å². The zero-order chi connectivity index (χ0) is 18.9. The number of rotatable bonds is 5. The number of esters is 1. The van der Waals surface area contributed by atoms with Crippen LogP contribution in [0.5, 0.6) is 0 Å². The molecule has 0 bridgehead atoms. The predicted octanol–water partition coefficient (Wildman–Crippen LogP) is 4.53.